The summed E-state index contributed by atoms with van der Waals surface area (Å²) in [4.78, 5) is 0. The highest BCUT2D eigenvalue weighted by atomic mass is 32.3. The summed E-state index contributed by atoms with van der Waals surface area (Å²) in [5.41, 5.74) is 0. The first-order valence-electron chi connectivity index (χ1n) is 5.82. The van der Waals surface area contributed by atoms with Crippen LogP contribution in [0.25, 0.3) is 0 Å². The SMILES string of the molecule is C[C@@H]1C(COS(=O)(=O)O)OCC(NS(=O)(=O)O)[C@@H]1OS(=O)(=O)O. The standard InChI is InChI=1S/C7H15NO12S3/c1-4-6(3-19-22(12,13)14)18-2-5(8-21(9,10)11)7(4)20-23(15,16)17/h4-8H,2-3H2,1H3,(H,9,10,11)(H,12,13,14)(H,15,16,17)/t4-,5?,6?,7-/m1/s1. The number of nitrogens with one attached hydrogen (secondary N) is 1. The third kappa shape index (κ3) is 7.79. The van der Waals surface area contributed by atoms with Crippen LogP contribution >= 0.6 is 0 Å². The summed E-state index contributed by atoms with van der Waals surface area (Å²) in [5.74, 6) is -1.02. The van der Waals surface area contributed by atoms with Gasteiger partial charge < -0.3 is 4.74 Å². The van der Waals surface area contributed by atoms with Gasteiger partial charge >= 0.3 is 31.1 Å². The molecule has 1 aliphatic heterocycles. The minimum absolute atomic E-state index is 0.538. The summed E-state index contributed by atoms with van der Waals surface area (Å²) < 4.78 is 106. The van der Waals surface area contributed by atoms with Crippen molar-refractivity contribution in [3.63, 3.8) is 0 Å². The van der Waals surface area contributed by atoms with E-state index in [9.17, 15) is 25.3 Å². The molecule has 0 spiro atoms. The highest BCUT2D eigenvalue weighted by molar-refractivity contribution is 7.83. The average molecular weight is 401 g/mol. The molecule has 1 rings (SSSR count). The van der Waals surface area contributed by atoms with Gasteiger partial charge in [0.25, 0.3) is 0 Å². The summed E-state index contributed by atoms with van der Waals surface area (Å²) in [6, 6.07) is -1.40. The first-order chi connectivity index (χ1) is 10.2. The highest BCUT2D eigenvalue weighted by Gasteiger charge is 2.43. The molecule has 0 amide bonds. The van der Waals surface area contributed by atoms with Crippen molar-refractivity contribution in [3.05, 3.63) is 0 Å². The third-order valence-electron chi connectivity index (χ3n) is 2.91. The molecule has 1 fully saturated rings. The van der Waals surface area contributed by atoms with Gasteiger partial charge in [0.2, 0.25) is 0 Å². The maximum absolute atomic E-state index is 10.9. The predicted molar refractivity (Wildman–Crippen MR) is 71.3 cm³/mol. The van der Waals surface area contributed by atoms with E-state index < -0.39 is 68.5 Å². The molecule has 0 aromatic rings. The molecule has 0 radical (unpaired) electrons. The van der Waals surface area contributed by atoms with E-state index in [-0.39, 0.29) is 0 Å². The molecule has 0 aliphatic carbocycles. The van der Waals surface area contributed by atoms with Crippen molar-refractivity contribution in [2.24, 2.45) is 5.92 Å². The fraction of sp³-hybridized carbons (Fsp3) is 1.00. The van der Waals surface area contributed by atoms with Crippen LogP contribution in [0.2, 0.25) is 0 Å². The molecule has 23 heavy (non-hydrogen) atoms. The monoisotopic (exact) mass is 401 g/mol. The molecule has 0 aromatic carbocycles. The van der Waals surface area contributed by atoms with Gasteiger partial charge in [0.15, 0.2) is 0 Å². The van der Waals surface area contributed by atoms with Crippen LogP contribution in [0.15, 0.2) is 0 Å². The molecule has 1 saturated heterocycles. The second-order valence-corrected chi connectivity index (χ2v) is 7.96. The minimum atomic E-state index is -4.99. The summed E-state index contributed by atoms with van der Waals surface area (Å²) in [6.45, 7) is 0.0272. The van der Waals surface area contributed by atoms with Crippen molar-refractivity contribution in [1.29, 1.82) is 0 Å². The van der Waals surface area contributed by atoms with Gasteiger partial charge in [-0.25, -0.2) is 8.37 Å². The predicted octanol–water partition coefficient (Wildman–Crippen LogP) is -2.21. The summed E-state index contributed by atoms with van der Waals surface area (Å²) in [7, 11) is -14.5. The first-order valence-corrected chi connectivity index (χ1v) is 9.99. The lowest BCUT2D eigenvalue weighted by Crippen LogP contribution is -2.58. The second kappa shape index (κ2) is 7.21. The molecule has 0 saturated carbocycles. The highest BCUT2D eigenvalue weighted by Crippen LogP contribution is 2.26. The smallest absolute Gasteiger partial charge is 0.374 e. The van der Waals surface area contributed by atoms with E-state index in [1.54, 1.807) is 4.72 Å². The Labute approximate surface area is 132 Å². The van der Waals surface area contributed by atoms with E-state index in [2.05, 4.69) is 8.37 Å². The largest absolute Gasteiger partial charge is 0.397 e. The van der Waals surface area contributed by atoms with Crippen molar-refractivity contribution < 1.29 is 52.0 Å². The van der Waals surface area contributed by atoms with Gasteiger partial charge in [0.05, 0.1) is 25.4 Å². The zero-order valence-corrected chi connectivity index (χ0v) is 13.9. The fourth-order valence-corrected chi connectivity index (χ4v) is 3.47. The molecule has 0 aromatic heterocycles. The van der Waals surface area contributed by atoms with Crippen LogP contribution in [0, 0.1) is 5.92 Å². The minimum Gasteiger partial charge on any atom is -0.374 e. The maximum atomic E-state index is 10.9. The van der Waals surface area contributed by atoms with Gasteiger partial charge in [-0.05, 0) is 0 Å². The Morgan fingerprint density at radius 3 is 2.09 bits per heavy atom. The Kier molecular flexibility index (Phi) is 6.47. The molecule has 1 heterocycles. The third-order valence-corrected chi connectivity index (χ3v) is 4.41. The lowest BCUT2D eigenvalue weighted by Gasteiger charge is -2.39. The van der Waals surface area contributed by atoms with Crippen LogP contribution in [-0.4, -0.2) is 70.4 Å². The molecular formula is C7H15NO12S3. The Morgan fingerprint density at radius 1 is 1.09 bits per heavy atom. The molecular weight excluding hydrogens is 386 g/mol. The first kappa shape index (κ1) is 20.6. The van der Waals surface area contributed by atoms with Crippen molar-refractivity contribution in [2.75, 3.05) is 13.2 Å². The van der Waals surface area contributed by atoms with Crippen molar-refractivity contribution in [3.8, 4) is 0 Å². The second-order valence-electron chi connectivity index (χ2n) is 4.63. The lowest BCUT2D eigenvalue weighted by atomic mass is 9.91. The van der Waals surface area contributed by atoms with E-state index >= 15 is 0 Å². The number of hydrogen-bond donors (Lipinski definition) is 4. The number of rotatable bonds is 7. The average Bonchev–Trinajstić information content (AvgIpc) is 2.28. The number of ether oxygens (including phenoxy) is 1. The van der Waals surface area contributed by atoms with Crippen LogP contribution in [-0.2, 0) is 44.2 Å². The van der Waals surface area contributed by atoms with Crippen molar-refractivity contribution in [2.45, 2.75) is 25.2 Å². The molecule has 2 unspecified atom stereocenters. The van der Waals surface area contributed by atoms with Crippen molar-refractivity contribution >= 4 is 31.1 Å². The Bertz CT molecular complexity index is 712. The molecule has 138 valence electrons. The van der Waals surface area contributed by atoms with Crippen molar-refractivity contribution in [1.82, 2.24) is 4.72 Å². The summed E-state index contributed by atoms with van der Waals surface area (Å²) in [5, 5.41) is 0. The van der Waals surface area contributed by atoms with Gasteiger partial charge in [-0.2, -0.15) is 30.0 Å². The lowest BCUT2D eigenvalue weighted by molar-refractivity contribution is -0.106. The Hall–Kier alpha value is -0.430. The molecule has 0 bridgehead atoms. The van der Waals surface area contributed by atoms with Crippen LogP contribution in [0.5, 0.6) is 0 Å². The summed E-state index contributed by atoms with van der Waals surface area (Å²) >= 11 is 0. The van der Waals surface area contributed by atoms with Gasteiger partial charge in [0.1, 0.15) is 6.10 Å². The summed E-state index contributed by atoms with van der Waals surface area (Å²) in [6.07, 6.45) is -2.67. The zero-order chi connectivity index (χ0) is 18.1. The van der Waals surface area contributed by atoms with Crippen LogP contribution in [0.4, 0.5) is 0 Å². The Balaban J connectivity index is 2.95. The van der Waals surface area contributed by atoms with E-state index in [1.807, 2.05) is 0 Å². The molecule has 4 atom stereocenters. The van der Waals surface area contributed by atoms with E-state index in [4.69, 9.17) is 18.4 Å². The quantitative estimate of drug-likeness (QED) is 0.335. The topological polar surface area (TPSA) is 203 Å². The van der Waals surface area contributed by atoms with E-state index in [0.717, 1.165) is 0 Å². The fourth-order valence-electron chi connectivity index (χ4n) is 1.99. The van der Waals surface area contributed by atoms with Gasteiger partial charge in [-0.3, -0.25) is 13.7 Å². The van der Waals surface area contributed by atoms with Crippen LogP contribution in [0.1, 0.15) is 6.92 Å². The number of hydrogen-bond acceptors (Lipinski definition) is 9. The molecule has 13 nitrogen and oxygen atoms in total. The van der Waals surface area contributed by atoms with Gasteiger partial charge in [-0.1, -0.05) is 6.92 Å². The Morgan fingerprint density at radius 2 is 1.65 bits per heavy atom. The maximum Gasteiger partial charge on any atom is 0.397 e. The van der Waals surface area contributed by atoms with Gasteiger partial charge in [-0.15, -0.1) is 0 Å². The van der Waals surface area contributed by atoms with E-state index in [0.29, 0.717) is 0 Å². The zero-order valence-electron chi connectivity index (χ0n) is 11.5. The molecule has 4 N–H and O–H groups in total. The van der Waals surface area contributed by atoms with Crippen LogP contribution in [0.3, 0.4) is 0 Å². The van der Waals surface area contributed by atoms with Gasteiger partial charge in [0, 0.05) is 5.92 Å². The molecule has 1 aliphatic rings. The molecule has 16 heteroatoms. The van der Waals surface area contributed by atoms with E-state index in [1.165, 1.54) is 6.92 Å². The van der Waals surface area contributed by atoms with Crippen LogP contribution < -0.4 is 4.72 Å². The normalized spacial score (nSPS) is 30.3.